The van der Waals surface area contributed by atoms with Crippen molar-refractivity contribution in [3.05, 3.63) is 47.0 Å². The van der Waals surface area contributed by atoms with Crippen molar-refractivity contribution in [3.63, 3.8) is 0 Å². The Morgan fingerprint density at radius 2 is 1.74 bits per heavy atom. The summed E-state index contributed by atoms with van der Waals surface area (Å²) in [6.45, 7) is 1.79. The van der Waals surface area contributed by atoms with Crippen molar-refractivity contribution < 1.29 is 23.8 Å². The zero-order chi connectivity index (χ0) is 20.0. The molecule has 0 fully saturated rings. The number of halogens is 1. The van der Waals surface area contributed by atoms with Crippen molar-refractivity contribution >= 4 is 40.9 Å². The van der Waals surface area contributed by atoms with Crippen molar-refractivity contribution in [2.75, 3.05) is 26.6 Å². The van der Waals surface area contributed by atoms with Crippen molar-refractivity contribution in [3.8, 4) is 11.5 Å². The van der Waals surface area contributed by atoms with Crippen molar-refractivity contribution in [2.24, 2.45) is 0 Å². The van der Waals surface area contributed by atoms with Crippen LogP contribution in [0.1, 0.15) is 17.3 Å². The summed E-state index contributed by atoms with van der Waals surface area (Å²) >= 11 is 7.36. The largest absolute Gasteiger partial charge is 0.493 e. The van der Waals surface area contributed by atoms with Gasteiger partial charge in [-0.1, -0.05) is 11.6 Å². The summed E-state index contributed by atoms with van der Waals surface area (Å²) in [7, 11) is 4.39. The van der Waals surface area contributed by atoms with Gasteiger partial charge in [-0.05, 0) is 43.3 Å². The summed E-state index contributed by atoms with van der Waals surface area (Å²) in [5.41, 5.74) is 0.654. The molecule has 0 aliphatic rings. The molecule has 1 atom stereocenters. The fraction of sp³-hybridized carbons (Fsp3) is 0.263. The molecule has 0 aromatic heterocycles. The van der Waals surface area contributed by atoms with Gasteiger partial charge in [-0.2, -0.15) is 0 Å². The standard InChI is InChI=1S/C19H20ClNO5S/c1-11(27-13-6-8-16(24-2)17(10-13)25-3)18(22)21-12-5-7-15(20)14(9-12)19(23)26-4/h5-11H,1-4H3,(H,21,22)/t11-/m0/s1. The predicted molar refractivity (Wildman–Crippen MR) is 106 cm³/mol. The molecule has 144 valence electrons. The Morgan fingerprint density at radius 3 is 2.37 bits per heavy atom. The van der Waals surface area contributed by atoms with Crippen LogP contribution in [0.2, 0.25) is 5.02 Å². The van der Waals surface area contributed by atoms with Crippen LogP contribution in [0, 0.1) is 0 Å². The van der Waals surface area contributed by atoms with E-state index in [0.29, 0.717) is 17.2 Å². The second kappa shape index (κ2) is 9.53. The first-order valence-electron chi connectivity index (χ1n) is 7.97. The van der Waals surface area contributed by atoms with Crippen molar-refractivity contribution in [1.82, 2.24) is 0 Å². The van der Waals surface area contributed by atoms with Gasteiger partial charge >= 0.3 is 5.97 Å². The number of hydrogen-bond acceptors (Lipinski definition) is 6. The Labute approximate surface area is 167 Å². The number of carbonyl (C=O) groups is 2. The van der Waals surface area contributed by atoms with Gasteiger partial charge in [0.25, 0.3) is 0 Å². The van der Waals surface area contributed by atoms with Gasteiger partial charge in [0.15, 0.2) is 11.5 Å². The molecule has 1 N–H and O–H groups in total. The number of thioether (sulfide) groups is 1. The summed E-state index contributed by atoms with van der Waals surface area (Å²) in [5, 5.41) is 2.65. The van der Waals surface area contributed by atoms with Crippen molar-refractivity contribution in [2.45, 2.75) is 17.1 Å². The van der Waals surface area contributed by atoms with E-state index in [1.807, 2.05) is 12.1 Å². The molecule has 0 aliphatic carbocycles. The number of esters is 1. The van der Waals surface area contributed by atoms with Gasteiger partial charge in [-0.15, -0.1) is 11.8 Å². The molecule has 2 aromatic rings. The molecule has 1 amide bonds. The summed E-state index contributed by atoms with van der Waals surface area (Å²) in [6.07, 6.45) is 0. The molecule has 0 saturated carbocycles. The van der Waals surface area contributed by atoms with E-state index in [-0.39, 0.29) is 21.7 Å². The maximum absolute atomic E-state index is 12.5. The van der Waals surface area contributed by atoms with Gasteiger partial charge in [-0.3, -0.25) is 4.79 Å². The molecule has 0 aliphatic heterocycles. The van der Waals surface area contributed by atoms with Gasteiger partial charge in [0.1, 0.15) is 0 Å². The Kier molecular flexibility index (Phi) is 7.38. The van der Waals surface area contributed by atoms with E-state index < -0.39 is 5.97 Å². The van der Waals surface area contributed by atoms with Crippen LogP contribution >= 0.6 is 23.4 Å². The lowest BCUT2D eigenvalue weighted by atomic mass is 10.2. The smallest absolute Gasteiger partial charge is 0.339 e. The monoisotopic (exact) mass is 409 g/mol. The van der Waals surface area contributed by atoms with Crippen LogP contribution in [-0.4, -0.2) is 38.5 Å². The van der Waals surface area contributed by atoms with Gasteiger partial charge in [0.2, 0.25) is 5.91 Å². The quantitative estimate of drug-likeness (QED) is 0.544. The van der Waals surface area contributed by atoms with Gasteiger partial charge in [0.05, 0.1) is 37.2 Å². The zero-order valence-corrected chi connectivity index (χ0v) is 16.9. The topological polar surface area (TPSA) is 73.9 Å². The van der Waals surface area contributed by atoms with E-state index in [9.17, 15) is 9.59 Å². The summed E-state index contributed by atoms with van der Waals surface area (Å²) in [5.74, 6) is 0.433. The van der Waals surface area contributed by atoms with E-state index in [2.05, 4.69) is 10.1 Å². The first-order valence-corrected chi connectivity index (χ1v) is 9.22. The van der Waals surface area contributed by atoms with Gasteiger partial charge < -0.3 is 19.5 Å². The number of benzene rings is 2. The second-order valence-electron chi connectivity index (χ2n) is 5.45. The lowest BCUT2D eigenvalue weighted by Crippen LogP contribution is -2.22. The highest BCUT2D eigenvalue weighted by atomic mass is 35.5. The molecule has 0 bridgehead atoms. The molecule has 0 saturated heterocycles. The van der Waals surface area contributed by atoms with E-state index in [4.69, 9.17) is 21.1 Å². The predicted octanol–water partition coefficient (Wildman–Crippen LogP) is 4.26. The average Bonchev–Trinajstić information content (AvgIpc) is 2.68. The average molecular weight is 410 g/mol. The minimum absolute atomic E-state index is 0.192. The third-order valence-electron chi connectivity index (χ3n) is 3.68. The van der Waals surface area contributed by atoms with E-state index in [1.54, 1.807) is 33.3 Å². The Morgan fingerprint density at radius 1 is 1.04 bits per heavy atom. The number of carbonyl (C=O) groups excluding carboxylic acids is 2. The third kappa shape index (κ3) is 5.30. The molecular weight excluding hydrogens is 390 g/mol. The normalized spacial score (nSPS) is 11.4. The number of rotatable bonds is 7. The molecule has 6 nitrogen and oxygen atoms in total. The first kappa shape index (κ1) is 20.9. The molecule has 8 heteroatoms. The number of methoxy groups -OCH3 is 3. The molecule has 0 spiro atoms. The lowest BCUT2D eigenvalue weighted by molar-refractivity contribution is -0.115. The van der Waals surface area contributed by atoms with E-state index >= 15 is 0 Å². The Hall–Kier alpha value is -2.38. The van der Waals surface area contributed by atoms with Crippen LogP contribution < -0.4 is 14.8 Å². The lowest BCUT2D eigenvalue weighted by Gasteiger charge is -2.14. The highest BCUT2D eigenvalue weighted by molar-refractivity contribution is 8.00. The number of nitrogens with one attached hydrogen (secondary N) is 1. The first-order chi connectivity index (χ1) is 12.9. The van der Waals surface area contributed by atoms with Crippen LogP contribution in [0.5, 0.6) is 11.5 Å². The second-order valence-corrected chi connectivity index (χ2v) is 7.27. The number of ether oxygens (including phenoxy) is 3. The summed E-state index contributed by atoms with van der Waals surface area (Å²) < 4.78 is 15.2. The molecule has 0 radical (unpaired) electrons. The van der Waals surface area contributed by atoms with Gasteiger partial charge in [0, 0.05) is 10.6 Å². The highest BCUT2D eigenvalue weighted by Gasteiger charge is 2.18. The molecular formula is C19H20ClNO5S. The fourth-order valence-corrected chi connectivity index (χ4v) is 3.35. The maximum Gasteiger partial charge on any atom is 0.339 e. The van der Waals surface area contributed by atoms with Crippen LogP contribution in [0.4, 0.5) is 5.69 Å². The summed E-state index contributed by atoms with van der Waals surface area (Å²) in [6, 6.07) is 10.1. The number of hydrogen-bond donors (Lipinski definition) is 1. The Balaban J connectivity index is 2.09. The number of amides is 1. The number of anilines is 1. The maximum atomic E-state index is 12.5. The molecule has 2 aromatic carbocycles. The fourth-order valence-electron chi connectivity index (χ4n) is 2.26. The van der Waals surface area contributed by atoms with Crippen LogP contribution in [0.25, 0.3) is 0 Å². The van der Waals surface area contributed by atoms with Crippen LogP contribution in [0.3, 0.4) is 0 Å². The van der Waals surface area contributed by atoms with E-state index in [0.717, 1.165) is 4.90 Å². The highest BCUT2D eigenvalue weighted by Crippen LogP contribution is 2.34. The Bertz CT molecular complexity index is 843. The third-order valence-corrected chi connectivity index (χ3v) is 5.10. The minimum Gasteiger partial charge on any atom is -0.493 e. The van der Waals surface area contributed by atoms with Crippen molar-refractivity contribution in [1.29, 1.82) is 0 Å². The summed E-state index contributed by atoms with van der Waals surface area (Å²) in [4.78, 5) is 25.1. The SMILES string of the molecule is COC(=O)c1cc(NC(=O)[C@H](C)Sc2ccc(OC)c(OC)c2)ccc1Cl. The van der Waals surface area contributed by atoms with Gasteiger partial charge in [-0.25, -0.2) is 4.79 Å². The van der Waals surface area contributed by atoms with Crippen LogP contribution in [-0.2, 0) is 9.53 Å². The van der Waals surface area contributed by atoms with E-state index in [1.165, 1.54) is 31.0 Å². The van der Waals surface area contributed by atoms with Crippen LogP contribution in [0.15, 0.2) is 41.3 Å². The molecule has 2 rings (SSSR count). The molecule has 0 heterocycles. The zero-order valence-electron chi connectivity index (χ0n) is 15.4. The molecule has 27 heavy (non-hydrogen) atoms. The minimum atomic E-state index is -0.566. The molecule has 0 unspecified atom stereocenters.